The molecule has 0 radical (unpaired) electrons. The molecule has 15 unspecified atom stereocenters. The monoisotopic (exact) mass is 1120 g/mol. The summed E-state index contributed by atoms with van der Waals surface area (Å²) in [7, 11) is -2.52. The van der Waals surface area contributed by atoms with E-state index in [4.69, 9.17) is 18.3 Å². The molecule has 0 aromatic carbocycles. The van der Waals surface area contributed by atoms with Gasteiger partial charge in [0.1, 0.15) is 12.4 Å². The third-order valence-electron chi connectivity index (χ3n) is 25.8. The van der Waals surface area contributed by atoms with Crippen LogP contribution in [0.4, 0.5) is 0 Å². The van der Waals surface area contributed by atoms with Crippen LogP contribution < -0.4 is 0 Å². The normalized spacial score (nSPS) is 38.9. The van der Waals surface area contributed by atoms with Gasteiger partial charge in [0.25, 0.3) is 0 Å². The lowest BCUT2D eigenvalue weighted by Crippen LogP contribution is -2.54. The van der Waals surface area contributed by atoms with Gasteiger partial charge >= 0.3 is 14.5 Å². The Morgan fingerprint density at radius 3 is 1.91 bits per heavy atom. The Hall–Kier alpha value is -0.813. The molecule has 0 saturated heterocycles. The number of rotatable bonds is 27. The third kappa shape index (κ3) is 14.2. The minimum Gasteiger partial charge on any atom is -0.462 e. The zero-order chi connectivity index (χ0) is 57.1. The summed E-state index contributed by atoms with van der Waals surface area (Å²) in [4.78, 5) is 15.1. The summed E-state index contributed by atoms with van der Waals surface area (Å²) in [6.45, 7) is 37.0. The lowest BCUT2D eigenvalue weighted by atomic mass is 9.44. The predicted molar refractivity (Wildman–Crippen MR) is 327 cm³/mol. The van der Waals surface area contributed by atoms with E-state index in [9.17, 15) is 15.0 Å². The molecular formula is C70H125NO7Si. The summed E-state index contributed by atoms with van der Waals surface area (Å²) in [6, 6.07) is 0. The smallest absolute Gasteiger partial charge is 0.333 e. The van der Waals surface area contributed by atoms with Crippen LogP contribution in [0.3, 0.4) is 0 Å². The van der Waals surface area contributed by atoms with Crippen LogP contribution >= 0.6 is 0 Å². The summed E-state index contributed by atoms with van der Waals surface area (Å²) >= 11 is 0. The molecule has 2 N–H and O–H groups in total. The zero-order valence-corrected chi connectivity index (χ0v) is 54.8. The fraction of sp³-hybridized carbons (Fsp3) is 0.957. The van der Waals surface area contributed by atoms with Gasteiger partial charge in [-0.15, -0.1) is 0 Å². The van der Waals surface area contributed by atoms with Crippen molar-refractivity contribution in [2.45, 2.75) is 282 Å². The van der Waals surface area contributed by atoms with Crippen LogP contribution in [0.15, 0.2) is 11.6 Å². The minimum absolute atomic E-state index is 0.0298. The van der Waals surface area contributed by atoms with E-state index >= 15 is 0 Å². The highest BCUT2D eigenvalue weighted by atomic mass is 28.4. The number of allylic oxidation sites excluding steroid dienone is 1. The van der Waals surface area contributed by atoms with E-state index in [0.29, 0.717) is 46.6 Å². The van der Waals surface area contributed by atoms with Crippen molar-refractivity contribution in [1.82, 2.24) is 4.90 Å². The van der Waals surface area contributed by atoms with Crippen molar-refractivity contribution >= 4 is 14.5 Å². The molecule has 9 heteroatoms. The Morgan fingerprint density at radius 1 is 0.684 bits per heavy atom. The first kappa shape index (κ1) is 64.2. The number of aliphatic hydroxyl groups excluding tert-OH is 2. The molecule has 0 heterocycles. The highest BCUT2D eigenvalue weighted by Gasteiger charge is 2.62. The van der Waals surface area contributed by atoms with Crippen molar-refractivity contribution in [2.75, 3.05) is 39.5 Å². The second-order valence-corrected chi connectivity index (χ2v) is 35.3. The van der Waals surface area contributed by atoms with E-state index in [1.54, 1.807) is 5.57 Å². The molecule has 8 aliphatic rings. The number of carbonyl (C=O) groups excluding carboxylic acids is 1. The van der Waals surface area contributed by atoms with Crippen molar-refractivity contribution in [3.05, 3.63) is 11.6 Å². The van der Waals surface area contributed by atoms with Crippen LogP contribution in [0.5, 0.6) is 0 Å². The van der Waals surface area contributed by atoms with E-state index < -0.39 is 14.0 Å². The van der Waals surface area contributed by atoms with Crippen molar-refractivity contribution in [2.24, 2.45) is 104 Å². The average Bonchev–Trinajstić information content (AvgIpc) is 3.89. The summed E-state index contributed by atoms with van der Waals surface area (Å²) in [5.74, 6) is 10.4. The predicted octanol–water partition coefficient (Wildman–Crippen LogP) is 17.0. The fourth-order valence-corrected chi connectivity index (χ4v) is 22.6. The van der Waals surface area contributed by atoms with Crippen molar-refractivity contribution in [1.29, 1.82) is 0 Å². The molecule has 0 aromatic rings. The second-order valence-electron chi connectivity index (χ2n) is 31.9. The Bertz CT molecular complexity index is 1960. The topological polar surface area (TPSA) is 97.7 Å². The van der Waals surface area contributed by atoms with Gasteiger partial charge in [0.15, 0.2) is 0 Å². The molecule has 0 aromatic heterocycles. The zero-order valence-electron chi connectivity index (χ0n) is 53.8. The van der Waals surface area contributed by atoms with Gasteiger partial charge < -0.3 is 28.5 Å². The number of hydrogen-bond donors (Lipinski definition) is 2. The molecule has 7 saturated carbocycles. The van der Waals surface area contributed by atoms with E-state index in [1.165, 1.54) is 103 Å². The third-order valence-corrected chi connectivity index (χ3v) is 27.5. The first-order chi connectivity index (χ1) is 37.4. The lowest BCUT2D eigenvalue weighted by molar-refractivity contribution is -0.170. The molecule has 0 amide bonds. The van der Waals surface area contributed by atoms with Gasteiger partial charge in [0.05, 0.1) is 24.7 Å². The van der Waals surface area contributed by atoms with Gasteiger partial charge in [-0.25, -0.2) is 0 Å². The van der Waals surface area contributed by atoms with Crippen molar-refractivity contribution in [3.8, 4) is 0 Å². The first-order valence-electron chi connectivity index (χ1n) is 34.2. The number of aliphatic hydroxyl groups is 2. The summed E-state index contributed by atoms with van der Waals surface area (Å²) < 4.78 is 27.6. The number of nitrogens with zero attached hydrogens (tertiary/aromatic N) is 1. The van der Waals surface area contributed by atoms with Crippen LogP contribution in [0, 0.1) is 104 Å². The molecule has 8 aliphatic carbocycles. The number of esters is 1. The van der Waals surface area contributed by atoms with Crippen LogP contribution in [-0.2, 0) is 23.1 Å². The Kier molecular flexibility index (Phi) is 21.8. The average molecular weight is 1120 g/mol. The maximum Gasteiger partial charge on any atom is 0.333 e. The van der Waals surface area contributed by atoms with Gasteiger partial charge in [0, 0.05) is 19.7 Å². The number of unbranched alkanes of at least 4 members (excludes halogenated alkanes) is 3. The van der Waals surface area contributed by atoms with Gasteiger partial charge in [-0.1, -0.05) is 99.6 Å². The van der Waals surface area contributed by atoms with E-state index in [-0.39, 0.29) is 37.7 Å². The Balaban J connectivity index is 0.894. The Labute approximate surface area is 487 Å². The standard InChI is InChI=1S/C70H125NO7Si/c1-15-51(48(2)3)22-20-49(4)58-27-29-60-56-25-23-52-46-54(32-36-67(52,9)62(56)34-38-69(58,60)11)76-64(78-79(13,14)75-45-19-17-16-18-40-71(41-43-72)42-44-73)31-21-50(5)59-28-30-61-57-26-24-53-47-55(77-65(74)66(6,7)8)33-37-68(53,10)63(57)35-39-70(59,61)12/h23,48-51,53-64,72-73H,15-22,24-47H2,1-14H3/t49?,50-,51?,53?,54?,55-,56?,57?,58?,59?,60?,61?,62?,63?,64?,67?,68+,69?,70-/m0/s1. The molecule has 0 aliphatic heterocycles. The van der Waals surface area contributed by atoms with E-state index in [2.05, 4.69) is 86.4 Å². The molecule has 8 nitrogen and oxygen atoms in total. The van der Waals surface area contributed by atoms with Crippen molar-refractivity contribution < 1.29 is 33.3 Å². The van der Waals surface area contributed by atoms with Gasteiger partial charge in [0.2, 0.25) is 0 Å². The lowest BCUT2D eigenvalue weighted by Gasteiger charge is -2.61. The quantitative estimate of drug-likeness (QED) is 0.0276. The van der Waals surface area contributed by atoms with E-state index in [1.807, 2.05) is 20.8 Å². The fourth-order valence-electron chi connectivity index (χ4n) is 21.1. The minimum atomic E-state index is -2.52. The SMILES string of the molecule is CCC(CCC(C)C1CCC2C3CC=C4CC(OC(CC[C@H](C)C5CCC6C7CCC8C[C@@H](OC(=O)C(C)(C)C)CC[C@@]8(C)C7CC[C@]65C)O[Si](C)(C)OCCCCCCN(CCO)CCO)CCC4(C)C3CCC12C)C(C)C. The van der Waals surface area contributed by atoms with Crippen molar-refractivity contribution in [3.63, 3.8) is 0 Å². The first-order valence-corrected chi connectivity index (χ1v) is 37.0. The summed E-state index contributed by atoms with van der Waals surface area (Å²) in [6.07, 6.45) is 35.3. The molecule has 0 spiro atoms. The van der Waals surface area contributed by atoms with Gasteiger partial charge in [-0.2, -0.15) is 0 Å². The van der Waals surface area contributed by atoms with E-state index in [0.717, 1.165) is 142 Å². The highest BCUT2D eigenvalue weighted by Crippen LogP contribution is 2.70. The number of ether oxygens (including phenoxy) is 2. The molecule has 79 heavy (non-hydrogen) atoms. The Morgan fingerprint density at radius 2 is 1.28 bits per heavy atom. The maximum absolute atomic E-state index is 12.9. The van der Waals surface area contributed by atoms with Crippen LogP contribution in [0.25, 0.3) is 0 Å². The molecular weight excluding hydrogens is 995 g/mol. The molecule has 456 valence electrons. The molecule has 7 fully saturated rings. The second kappa shape index (κ2) is 26.8. The maximum atomic E-state index is 12.9. The number of fused-ring (bicyclic) bond motifs is 10. The largest absolute Gasteiger partial charge is 0.462 e. The number of carbonyl (C=O) groups is 1. The van der Waals surface area contributed by atoms with Gasteiger partial charge in [-0.3, -0.25) is 9.69 Å². The molecule has 0 bridgehead atoms. The van der Waals surface area contributed by atoms with Crippen LogP contribution in [-0.4, -0.2) is 87.6 Å². The molecule has 8 rings (SSSR count). The molecule has 19 atom stereocenters. The van der Waals surface area contributed by atoms with Crippen LogP contribution in [0.2, 0.25) is 13.1 Å². The number of hydrogen-bond acceptors (Lipinski definition) is 8. The van der Waals surface area contributed by atoms with Crippen LogP contribution in [0.1, 0.15) is 250 Å². The summed E-state index contributed by atoms with van der Waals surface area (Å²) in [5, 5.41) is 18.9. The van der Waals surface area contributed by atoms with Gasteiger partial charge in [-0.05, 0) is 280 Å². The summed E-state index contributed by atoms with van der Waals surface area (Å²) in [5.41, 5.74) is 2.84. The highest BCUT2D eigenvalue weighted by molar-refractivity contribution is 6.64.